The number of aromatic nitrogens is 5. The third-order valence-corrected chi connectivity index (χ3v) is 9.56. The minimum Gasteiger partial charge on any atom is -0.478 e. The van der Waals surface area contributed by atoms with Crippen molar-refractivity contribution in [1.82, 2.24) is 29.4 Å². The van der Waals surface area contributed by atoms with E-state index >= 15 is 0 Å². The number of benzene rings is 1. The second kappa shape index (κ2) is 13.8. The molecule has 0 aliphatic heterocycles. The number of aliphatic hydroxyl groups excluding tert-OH is 1. The lowest BCUT2D eigenvalue weighted by Crippen LogP contribution is -2.56. The summed E-state index contributed by atoms with van der Waals surface area (Å²) in [5.74, 6) is -0.901. The van der Waals surface area contributed by atoms with Crippen molar-refractivity contribution in [3.05, 3.63) is 68.4 Å². The van der Waals surface area contributed by atoms with E-state index < -0.39 is 40.7 Å². The molecule has 13 nitrogen and oxygen atoms in total. The van der Waals surface area contributed by atoms with Gasteiger partial charge in [-0.3, -0.25) is 14.2 Å². The molecule has 47 heavy (non-hydrogen) atoms. The van der Waals surface area contributed by atoms with Gasteiger partial charge < -0.3 is 19.9 Å². The van der Waals surface area contributed by atoms with Crippen molar-refractivity contribution in [2.45, 2.75) is 96.7 Å². The van der Waals surface area contributed by atoms with Gasteiger partial charge in [-0.25, -0.2) is 13.8 Å². The van der Waals surface area contributed by atoms with Crippen molar-refractivity contribution in [1.29, 1.82) is 5.26 Å². The monoisotopic (exact) mass is 667 g/mol. The maximum Gasteiger partial charge on any atom is 0.333 e. The highest BCUT2D eigenvalue weighted by molar-refractivity contribution is 7.21. The number of halogens is 1. The fourth-order valence-electron chi connectivity index (χ4n) is 5.85. The third kappa shape index (κ3) is 6.85. The van der Waals surface area contributed by atoms with Crippen LogP contribution in [0.5, 0.6) is 5.75 Å². The summed E-state index contributed by atoms with van der Waals surface area (Å²) in [7, 11) is 0. The first kappa shape index (κ1) is 34.0. The number of thiophene rings is 1. The Morgan fingerprint density at radius 2 is 1.89 bits per heavy atom. The highest BCUT2D eigenvalue weighted by Gasteiger charge is 2.37. The Kier molecular flexibility index (Phi) is 9.94. The number of aryl methyl sites for hydroxylation is 1. The van der Waals surface area contributed by atoms with Crippen LogP contribution in [0, 0.1) is 24.1 Å². The number of fused-ring (bicyclic) bond motifs is 1. The average Bonchev–Trinajstić information content (AvgIpc) is 3.67. The number of carbonyl (C=O) groups is 1. The predicted molar refractivity (Wildman–Crippen MR) is 172 cm³/mol. The first-order valence-corrected chi connectivity index (χ1v) is 16.2. The van der Waals surface area contributed by atoms with E-state index in [1.54, 1.807) is 20.8 Å². The van der Waals surface area contributed by atoms with Crippen molar-refractivity contribution < 1.29 is 23.8 Å². The smallest absolute Gasteiger partial charge is 0.333 e. The fourth-order valence-corrected chi connectivity index (χ4v) is 7.07. The van der Waals surface area contributed by atoms with E-state index in [1.807, 2.05) is 6.07 Å². The molecule has 5 rings (SSSR count). The van der Waals surface area contributed by atoms with E-state index in [0.717, 1.165) is 15.9 Å². The maximum atomic E-state index is 14.8. The molecule has 1 aliphatic rings. The number of ether oxygens (including phenoxy) is 2. The zero-order chi connectivity index (χ0) is 34.0. The largest absolute Gasteiger partial charge is 0.478 e. The Balaban J connectivity index is 1.75. The Bertz CT molecular complexity index is 1920. The number of amides is 1. The minimum absolute atomic E-state index is 0.200. The zero-order valence-corrected chi connectivity index (χ0v) is 27.7. The first-order valence-electron chi connectivity index (χ1n) is 15.4. The summed E-state index contributed by atoms with van der Waals surface area (Å²) in [6.07, 6.45) is 3.28. The number of carbonyl (C=O) groups excluding carboxylic acids is 1. The van der Waals surface area contributed by atoms with Gasteiger partial charge in [0.25, 0.3) is 5.56 Å². The number of aliphatic hydroxyl groups is 1. The van der Waals surface area contributed by atoms with Gasteiger partial charge in [0.2, 0.25) is 5.91 Å². The molecule has 0 saturated heterocycles. The lowest BCUT2D eigenvalue weighted by molar-refractivity contribution is -0.129. The molecular weight excluding hydrogens is 629 g/mol. The summed E-state index contributed by atoms with van der Waals surface area (Å²) in [5.41, 5.74) is -2.25. The van der Waals surface area contributed by atoms with Crippen LogP contribution in [0.1, 0.15) is 70.6 Å². The van der Waals surface area contributed by atoms with E-state index in [2.05, 4.69) is 15.5 Å². The number of rotatable bonds is 11. The molecule has 1 saturated carbocycles. The molecule has 0 spiro atoms. The third-order valence-electron chi connectivity index (χ3n) is 8.28. The Morgan fingerprint density at radius 1 is 1.21 bits per heavy atom. The highest BCUT2D eigenvalue weighted by atomic mass is 32.1. The molecule has 2 N–H and O–H groups in total. The zero-order valence-electron chi connectivity index (χ0n) is 26.9. The molecule has 1 aromatic carbocycles. The van der Waals surface area contributed by atoms with Gasteiger partial charge in [-0.15, -0.1) is 4.80 Å². The van der Waals surface area contributed by atoms with Crippen LogP contribution >= 0.6 is 11.3 Å². The number of nitrogens with one attached hydrogen (secondary N) is 1. The summed E-state index contributed by atoms with van der Waals surface area (Å²) < 4.78 is 29.4. The topological polar surface area (TPSA) is 166 Å². The molecule has 4 aromatic rings. The number of nitriles is 1. The average molecular weight is 668 g/mol. The van der Waals surface area contributed by atoms with Crippen molar-refractivity contribution >= 4 is 27.5 Å². The van der Waals surface area contributed by atoms with Gasteiger partial charge in [-0.2, -0.15) is 15.5 Å². The highest BCUT2D eigenvalue weighted by Crippen LogP contribution is 2.36. The van der Waals surface area contributed by atoms with E-state index in [9.17, 15) is 29.1 Å². The quantitative estimate of drug-likeness (QED) is 0.244. The predicted octanol–water partition coefficient (Wildman–Crippen LogP) is 3.48. The summed E-state index contributed by atoms with van der Waals surface area (Å²) >= 11 is 1.13. The van der Waals surface area contributed by atoms with E-state index in [-0.39, 0.29) is 42.0 Å². The van der Waals surface area contributed by atoms with Crippen molar-refractivity contribution in [3.8, 4) is 16.8 Å². The molecule has 0 bridgehead atoms. The molecule has 3 heterocycles. The number of hydrogen-bond donors (Lipinski definition) is 2. The molecule has 1 atom stereocenters. The van der Waals surface area contributed by atoms with Crippen molar-refractivity contribution in [2.24, 2.45) is 0 Å². The van der Waals surface area contributed by atoms with E-state index in [1.165, 1.54) is 53.8 Å². The Morgan fingerprint density at radius 3 is 2.53 bits per heavy atom. The maximum absolute atomic E-state index is 14.8. The fraction of sp³-hybridized carbons (Fsp3) is 0.500. The van der Waals surface area contributed by atoms with Crippen LogP contribution in [0.4, 0.5) is 4.39 Å². The second-order valence-corrected chi connectivity index (χ2v) is 13.4. The summed E-state index contributed by atoms with van der Waals surface area (Å²) in [6.45, 7) is 7.78. The molecule has 1 aliphatic carbocycles. The van der Waals surface area contributed by atoms with E-state index in [4.69, 9.17) is 9.47 Å². The summed E-state index contributed by atoms with van der Waals surface area (Å²) in [6, 6.07) is 5.51. The SMILES string of the molecule is Cc1c(-n2nccn2)sc2c1c(=O)n(C(C)(C)C(=O)NC(C)C)c(=O)n2C[C@H](O[C@H]1CC[C@@H](O)CC1)c1cc(F)ccc1OCC#N. The van der Waals surface area contributed by atoms with E-state index in [0.29, 0.717) is 41.1 Å². The van der Waals surface area contributed by atoms with Crippen LogP contribution in [-0.4, -0.2) is 60.0 Å². The molecule has 15 heteroatoms. The molecular formula is C32H38FN7O6S. The lowest BCUT2D eigenvalue weighted by atomic mass is 9.94. The second-order valence-electron chi connectivity index (χ2n) is 12.4. The van der Waals surface area contributed by atoms with Crippen LogP contribution in [0.2, 0.25) is 0 Å². The molecule has 1 fully saturated rings. The normalized spacial score (nSPS) is 17.5. The Labute approximate surface area is 274 Å². The lowest BCUT2D eigenvalue weighted by Gasteiger charge is -2.32. The summed E-state index contributed by atoms with van der Waals surface area (Å²) in [5, 5.41) is 31.3. The van der Waals surface area contributed by atoms with Crippen LogP contribution in [0.15, 0.2) is 40.2 Å². The van der Waals surface area contributed by atoms with Gasteiger partial charge in [0.15, 0.2) is 6.61 Å². The minimum atomic E-state index is -1.61. The van der Waals surface area contributed by atoms with Crippen LogP contribution in [-0.2, 0) is 21.6 Å². The first-order chi connectivity index (χ1) is 22.3. The van der Waals surface area contributed by atoms with Gasteiger partial charge in [0.05, 0.1) is 36.5 Å². The van der Waals surface area contributed by atoms with Gasteiger partial charge >= 0.3 is 5.69 Å². The van der Waals surface area contributed by atoms with Crippen LogP contribution in [0.25, 0.3) is 15.2 Å². The Hall–Kier alpha value is -4.39. The molecule has 0 unspecified atom stereocenters. The van der Waals surface area contributed by atoms with Gasteiger partial charge in [0.1, 0.15) is 39.1 Å². The van der Waals surface area contributed by atoms with Crippen molar-refractivity contribution in [2.75, 3.05) is 6.61 Å². The molecule has 3 aromatic heterocycles. The standard InChI is InChI=1S/C32H38FN7O6S/c1-18(2)37-30(43)32(4,5)39-27(42)26-19(3)28(40-35-13-14-36-40)47-29(26)38(31(39)44)17-25(46-22-9-7-21(41)8-10-22)23-16-20(33)6-11-24(23)45-15-12-34/h6,11,13-14,16,18,21-22,25,41H,7-10,15,17H2,1-5H3,(H,37,43)/t21-,22+,25-/m0/s1. The number of hydrogen-bond acceptors (Lipinski definition) is 10. The van der Waals surface area contributed by atoms with Gasteiger partial charge in [-0.1, -0.05) is 11.3 Å². The molecule has 1 amide bonds. The summed E-state index contributed by atoms with van der Waals surface area (Å²) in [4.78, 5) is 43.9. The van der Waals surface area contributed by atoms with Crippen LogP contribution < -0.4 is 21.3 Å². The molecule has 0 radical (unpaired) electrons. The van der Waals surface area contributed by atoms with Gasteiger partial charge in [-0.05, 0) is 78.5 Å². The molecule has 250 valence electrons. The van der Waals surface area contributed by atoms with Gasteiger partial charge in [0, 0.05) is 17.2 Å². The van der Waals surface area contributed by atoms with Crippen molar-refractivity contribution in [3.63, 3.8) is 0 Å². The van der Waals surface area contributed by atoms with Crippen LogP contribution in [0.3, 0.4) is 0 Å². The number of nitrogens with zero attached hydrogens (tertiary/aromatic N) is 6.